The average molecular weight is 111 g/mol. The maximum atomic E-state index is 10.1. The molecule has 0 saturated carbocycles. The van der Waals surface area contributed by atoms with E-state index in [2.05, 4.69) is 17.3 Å². The van der Waals surface area contributed by atoms with Gasteiger partial charge in [-0.05, 0) is 0 Å². The van der Waals surface area contributed by atoms with Crippen molar-refractivity contribution in [3.8, 4) is 12.0 Å². The lowest BCUT2D eigenvalue weighted by molar-refractivity contribution is -0.138. The molecule has 0 aromatic heterocycles. The largest absolute Gasteiger partial charge is 0.480 e. The van der Waals surface area contributed by atoms with Gasteiger partial charge in [0.05, 0.1) is 0 Å². The zero-order valence-corrected chi connectivity index (χ0v) is 4.14. The van der Waals surface area contributed by atoms with Gasteiger partial charge >= 0.3 is 5.97 Å². The highest BCUT2D eigenvalue weighted by Gasteiger charge is 2.16. The highest BCUT2D eigenvalue weighted by Crippen LogP contribution is 1.93. The van der Waals surface area contributed by atoms with Gasteiger partial charge in [0, 0.05) is 12.5 Å². The first-order chi connectivity index (χ1) is 3.80. The van der Waals surface area contributed by atoms with Gasteiger partial charge in [0.25, 0.3) is 0 Å². The summed E-state index contributed by atoms with van der Waals surface area (Å²) in [5.74, 6) is 1.77. The Hall–Kier alpha value is -1.17. The summed E-state index contributed by atoms with van der Waals surface area (Å²) in [5.41, 5.74) is 0. The fourth-order valence-corrected chi connectivity index (χ4v) is 0.491. The zero-order valence-electron chi connectivity index (χ0n) is 4.14. The summed E-state index contributed by atoms with van der Waals surface area (Å²) in [5, 5.41) is 10.8. The van der Waals surface area contributed by atoms with Gasteiger partial charge in [0.1, 0.15) is 6.04 Å². The van der Waals surface area contributed by atoms with Crippen LogP contribution in [-0.4, -0.2) is 17.1 Å². The van der Waals surface area contributed by atoms with Crippen LogP contribution in [0.25, 0.3) is 0 Å². The third kappa shape index (κ3) is 0.733. The smallest absolute Gasteiger partial charge is 0.327 e. The minimum atomic E-state index is -0.845. The van der Waals surface area contributed by atoms with E-state index in [9.17, 15) is 4.79 Å². The quantitative estimate of drug-likeness (QED) is 0.444. The van der Waals surface area contributed by atoms with E-state index >= 15 is 0 Å². The van der Waals surface area contributed by atoms with Gasteiger partial charge in [0.2, 0.25) is 0 Å². The normalized spacial score (nSPS) is 23.2. The van der Waals surface area contributed by atoms with Crippen LogP contribution < -0.4 is 5.32 Å². The number of carboxylic acid groups (broad SMARTS) is 1. The summed E-state index contributed by atoms with van der Waals surface area (Å²) in [7, 11) is 0. The molecule has 0 bridgehead atoms. The molecule has 3 heteroatoms. The molecule has 2 N–H and O–H groups in total. The molecule has 0 spiro atoms. The van der Waals surface area contributed by atoms with E-state index in [1.54, 1.807) is 0 Å². The Morgan fingerprint density at radius 1 is 1.88 bits per heavy atom. The monoisotopic (exact) mass is 111 g/mol. The van der Waals surface area contributed by atoms with Gasteiger partial charge < -0.3 is 10.4 Å². The van der Waals surface area contributed by atoms with Gasteiger partial charge in [-0.2, -0.15) is 0 Å². The van der Waals surface area contributed by atoms with Crippen molar-refractivity contribution in [2.45, 2.75) is 12.5 Å². The first-order valence-corrected chi connectivity index (χ1v) is 2.27. The molecule has 0 aliphatic carbocycles. The second-order valence-corrected chi connectivity index (χ2v) is 1.54. The molecule has 1 aliphatic rings. The Morgan fingerprint density at radius 3 is 2.88 bits per heavy atom. The van der Waals surface area contributed by atoms with Crippen LogP contribution in [0.4, 0.5) is 0 Å². The molecule has 0 saturated heterocycles. The van der Waals surface area contributed by atoms with Crippen molar-refractivity contribution in [3.05, 3.63) is 0 Å². The van der Waals surface area contributed by atoms with E-state index in [0.717, 1.165) is 0 Å². The molecular weight excluding hydrogens is 106 g/mol. The summed E-state index contributed by atoms with van der Waals surface area (Å²) in [6.45, 7) is 0. The standard InChI is InChI=1S/C5H5NO2/c7-5(8)4-2-1-3-6-4/h4,6H,2H2,(H,7,8). The van der Waals surface area contributed by atoms with Crippen molar-refractivity contribution >= 4 is 5.97 Å². The maximum absolute atomic E-state index is 10.1. The van der Waals surface area contributed by atoms with Crippen molar-refractivity contribution in [1.82, 2.24) is 5.32 Å². The van der Waals surface area contributed by atoms with Crippen molar-refractivity contribution in [3.63, 3.8) is 0 Å². The van der Waals surface area contributed by atoms with E-state index in [1.165, 1.54) is 0 Å². The van der Waals surface area contributed by atoms with Crippen molar-refractivity contribution < 1.29 is 9.90 Å². The number of carbonyl (C=O) groups is 1. The lowest BCUT2D eigenvalue weighted by Crippen LogP contribution is -2.29. The fraction of sp³-hybridized carbons (Fsp3) is 0.400. The summed E-state index contributed by atoms with van der Waals surface area (Å²) in [4.78, 5) is 10.1. The van der Waals surface area contributed by atoms with Gasteiger partial charge in [-0.15, -0.1) is 0 Å². The van der Waals surface area contributed by atoms with E-state index in [1.807, 2.05) is 0 Å². The highest BCUT2D eigenvalue weighted by atomic mass is 16.4. The van der Waals surface area contributed by atoms with Crippen LogP contribution in [0.15, 0.2) is 0 Å². The van der Waals surface area contributed by atoms with E-state index in [4.69, 9.17) is 5.11 Å². The fourth-order valence-electron chi connectivity index (χ4n) is 0.491. The Labute approximate surface area is 46.7 Å². The predicted molar refractivity (Wildman–Crippen MR) is 27.0 cm³/mol. The molecule has 1 heterocycles. The lowest BCUT2D eigenvalue weighted by atomic mass is 10.2. The number of carboxylic acids is 1. The van der Waals surface area contributed by atoms with Crippen LogP contribution in [0, 0.1) is 12.0 Å². The Kier molecular flexibility index (Phi) is 1.09. The minimum absolute atomic E-state index is 0.426. The van der Waals surface area contributed by atoms with Crippen LogP contribution in [-0.2, 0) is 4.79 Å². The Morgan fingerprint density at radius 2 is 2.62 bits per heavy atom. The van der Waals surface area contributed by atoms with E-state index in [-0.39, 0.29) is 0 Å². The summed E-state index contributed by atoms with van der Waals surface area (Å²) in [6, 6.07) is 1.98. The second kappa shape index (κ2) is 1.74. The molecular formula is C5H5NO2. The lowest BCUT2D eigenvalue weighted by Gasteiger charge is -1.99. The number of hydrogen-bond donors (Lipinski definition) is 2. The Bertz CT molecular complexity index is 155. The molecule has 1 aliphatic heterocycles. The highest BCUT2D eigenvalue weighted by molar-refractivity contribution is 5.74. The molecule has 0 fully saturated rings. The molecule has 1 unspecified atom stereocenters. The predicted octanol–water partition coefficient (Wildman–Crippen LogP) is -0.606. The summed E-state index contributed by atoms with van der Waals surface area (Å²) >= 11 is 0. The number of rotatable bonds is 1. The summed E-state index contributed by atoms with van der Waals surface area (Å²) < 4.78 is 0. The van der Waals surface area contributed by atoms with Crippen molar-refractivity contribution in [2.75, 3.05) is 0 Å². The molecule has 1 atom stereocenters. The van der Waals surface area contributed by atoms with Gasteiger partial charge in [0.15, 0.2) is 0 Å². The summed E-state index contributed by atoms with van der Waals surface area (Å²) in [6.07, 6.45) is 0.426. The molecule has 1 rings (SSSR count). The van der Waals surface area contributed by atoms with Crippen LogP contribution in [0.1, 0.15) is 6.42 Å². The van der Waals surface area contributed by atoms with Gasteiger partial charge in [-0.25, -0.2) is 4.79 Å². The Balaban J connectivity index is 2.43. The average Bonchev–Trinajstić information content (AvgIpc) is 2.12. The molecule has 0 aromatic carbocycles. The van der Waals surface area contributed by atoms with Crippen LogP contribution in [0.3, 0.4) is 0 Å². The van der Waals surface area contributed by atoms with Crippen molar-refractivity contribution in [1.29, 1.82) is 0 Å². The number of nitrogens with one attached hydrogen (secondary N) is 1. The number of aliphatic carboxylic acids is 1. The molecule has 0 aromatic rings. The van der Waals surface area contributed by atoms with Crippen LogP contribution in [0.2, 0.25) is 0 Å². The molecule has 0 amide bonds. The molecule has 0 radical (unpaired) electrons. The topological polar surface area (TPSA) is 49.3 Å². The molecule has 3 nitrogen and oxygen atoms in total. The first-order valence-electron chi connectivity index (χ1n) is 2.27. The van der Waals surface area contributed by atoms with Crippen LogP contribution >= 0.6 is 0 Å². The van der Waals surface area contributed by atoms with E-state index < -0.39 is 12.0 Å². The van der Waals surface area contributed by atoms with Gasteiger partial charge in [-0.1, -0.05) is 5.92 Å². The number of hydrogen-bond acceptors (Lipinski definition) is 2. The maximum Gasteiger partial charge on any atom is 0.327 e. The zero-order chi connectivity index (χ0) is 5.98. The second-order valence-electron chi connectivity index (χ2n) is 1.54. The SMILES string of the molecule is O=C(O)C1CC#CN1. The van der Waals surface area contributed by atoms with Crippen LogP contribution in [0.5, 0.6) is 0 Å². The van der Waals surface area contributed by atoms with Gasteiger partial charge in [-0.3, -0.25) is 0 Å². The van der Waals surface area contributed by atoms with Crippen molar-refractivity contribution in [2.24, 2.45) is 0 Å². The van der Waals surface area contributed by atoms with E-state index in [0.29, 0.717) is 6.42 Å². The third-order valence-corrected chi connectivity index (χ3v) is 0.939. The minimum Gasteiger partial charge on any atom is -0.480 e. The third-order valence-electron chi connectivity index (χ3n) is 0.939. The molecule has 42 valence electrons. The first kappa shape index (κ1) is 4.98. The molecule has 8 heavy (non-hydrogen) atoms.